The Balaban J connectivity index is 1.67. The van der Waals surface area contributed by atoms with Gasteiger partial charge in [0, 0.05) is 30.7 Å². The molecule has 2 aliphatic heterocycles. The first-order valence-electron chi connectivity index (χ1n) is 6.46. The average Bonchev–Trinajstić information content (AvgIpc) is 2.34. The maximum absolute atomic E-state index is 5.91. The molecule has 0 aromatic heterocycles. The Kier molecular flexibility index (Phi) is 2.71. The highest BCUT2D eigenvalue weighted by Gasteiger charge is 2.32. The molecule has 2 heterocycles. The highest BCUT2D eigenvalue weighted by atomic mass is 16.5. The molecule has 92 valence electrons. The van der Waals surface area contributed by atoms with Crippen molar-refractivity contribution in [1.82, 2.24) is 5.32 Å². The Morgan fingerprint density at radius 1 is 1.35 bits per heavy atom. The molecule has 0 bridgehead atoms. The van der Waals surface area contributed by atoms with Crippen LogP contribution in [0.5, 0.6) is 5.75 Å². The van der Waals surface area contributed by atoms with Gasteiger partial charge >= 0.3 is 0 Å². The quantitative estimate of drug-likeness (QED) is 0.836. The third-order valence-electron chi connectivity index (χ3n) is 3.71. The lowest BCUT2D eigenvalue weighted by Crippen LogP contribution is -2.54. The molecule has 1 aromatic carbocycles. The Bertz CT molecular complexity index is 413. The standard InChI is InChI=1S/C14H20N2O/c1-14(8-15-9-14)10-17-12-4-5-13-11(7-12)3-2-6-16-13/h4-5,7,15-16H,2-3,6,8-10H2,1H3. The van der Waals surface area contributed by atoms with Crippen LogP contribution in [0.15, 0.2) is 18.2 Å². The predicted molar refractivity (Wildman–Crippen MR) is 69.7 cm³/mol. The summed E-state index contributed by atoms with van der Waals surface area (Å²) in [4.78, 5) is 0. The Morgan fingerprint density at radius 3 is 3.00 bits per heavy atom. The van der Waals surface area contributed by atoms with Crippen molar-refractivity contribution in [3.05, 3.63) is 23.8 Å². The summed E-state index contributed by atoms with van der Waals surface area (Å²) in [5, 5.41) is 6.72. The van der Waals surface area contributed by atoms with Crippen molar-refractivity contribution in [2.75, 3.05) is 31.6 Å². The minimum Gasteiger partial charge on any atom is -0.493 e. The zero-order chi connectivity index (χ0) is 11.7. The van der Waals surface area contributed by atoms with Crippen molar-refractivity contribution in [3.8, 4) is 5.75 Å². The fourth-order valence-electron chi connectivity index (χ4n) is 2.45. The largest absolute Gasteiger partial charge is 0.493 e. The summed E-state index contributed by atoms with van der Waals surface area (Å²) in [5.74, 6) is 1.01. The van der Waals surface area contributed by atoms with Crippen molar-refractivity contribution < 1.29 is 4.74 Å². The second kappa shape index (κ2) is 4.22. The van der Waals surface area contributed by atoms with Gasteiger partial charge in [-0.15, -0.1) is 0 Å². The van der Waals surface area contributed by atoms with Crippen LogP contribution in [-0.4, -0.2) is 26.2 Å². The minimum absolute atomic E-state index is 0.328. The number of anilines is 1. The molecule has 2 N–H and O–H groups in total. The second-order valence-electron chi connectivity index (χ2n) is 5.55. The molecule has 2 aliphatic rings. The third-order valence-corrected chi connectivity index (χ3v) is 3.71. The molecule has 0 radical (unpaired) electrons. The Labute approximate surface area is 103 Å². The zero-order valence-electron chi connectivity index (χ0n) is 10.4. The van der Waals surface area contributed by atoms with Crippen LogP contribution >= 0.6 is 0 Å². The summed E-state index contributed by atoms with van der Waals surface area (Å²) in [5.41, 5.74) is 3.00. The summed E-state index contributed by atoms with van der Waals surface area (Å²) in [6.07, 6.45) is 2.39. The molecule has 0 aliphatic carbocycles. The van der Waals surface area contributed by atoms with Crippen LogP contribution in [0.25, 0.3) is 0 Å². The molecule has 0 amide bonds. The van der Waals surface area contributed by atoms with Gasteiger partial charge in [0.2, 0.25) is 0 Å². The number of benzene rings is 1. The average molecular weight is 232 g/mol. The molecule has 1 fully saturated rings. The SMILES string of the molecule is CC1(COc2ccc3c(c2)CCCN3)CNC1. The monoisotopic (exact) mass is 232 g/mol. The van der Waals surface area contributed by atoms with Crippen LogP contribution in [-0.2, 0) is 6.42 Å². The lowest BCUT2D eigenvalue weighted by Gasteiger charge is -2.38. The van der Waals surface area contributed by atoms with Gasteiger partial charge in [0.05, 0.1) is 6.61 Å². The van der Waals surface area contributed by atoms with Gasteiger partial charge < -0.3 is 15.4 Å². The number of rotatable bonds is 3. The van der Waals surface area contributed by atoms with Gasteiger partial charge in [-0.25, -0.2) is 0 Å². The number of ether oxygens (including phenoxy) is 1. The van der Waals surface area contributed by atoms with Crippen LogP contribution in [0.3, 0.4) is 0 Å². The zero-order valence-corrected chi connectivity index (χ0v) is 10.4. The molecule has 17 heavy (non-hydrogen) atoms. The van der Waals surface area contributed by atoms with E-state index in [1.54, 1.807) is 0 Å². The number of hydrogen-bond donors (Lipinski definition) is 2. The first kappa shape index (κ1) is 10.9. The normalized spacial score (nSPS) is 21.0. The van der Waals surface area contributed by atoms with Gasteiger partial charge in [-0.2, -0.15) is 0 Å². The second-order valence-corrected chi connectivity index (χ2v) is 5.55. The summed E-state index contributed by atoms with van der Waals surface area (Å²) in [6.45, 7) is 6.31. The first-order chi connectivity index (χ1) is 8.25. The van der Waals surface area contributed by atoms with E-state index in [1.165, 1.54) is 24.1 Å². The molecule has 3 rings (SSSR count). The number of fused-ring (bicyclic) bond motifs is 1. The molecule has 0 spiro atoms. The molecule has 3 nitrogen and oxygen atoms in total. The lowest BCUT2D eigenvalue weighted by atomic mass is 9.85. The molecule has 0 atom stereocenters. The van der Waals surface area contributed by atoms with Gasteiger partial charge in [-0.3, -0.25) is 0 Å². The van der Waals surface area contributed by atoms with Gasteiger partial charge in [0.1, 0.15) is 5.75 Å². The topological polar surface area (TPSA) is 33.3 Å². The summed E-state index contributed by atoms with van der Waals surface area (Å²) in [6, 6.07) is 6.41. The van der Waals surface area contributed by atoms with Crippen LogP contribution < -0.4 is 15.4 Å². The summed E-state index contributed by atoms with van der Waals surface area (Å²) in [7, 11) is 0. The van der Waals surface area contributed by atoms with E-state index >= 15 is 0 Å². The fourth-order valence-corrected chi connectivity index (χ4v) is 2.45. The van der Waals surface area contributed by atoms with Crippen molar-refractivity contribution in [2.45, 2.75) is 19.8 Å². The highest BCUT2D eigenvalue weighted by molar-refractivity contribution is 5.55. The van der Waals surface area contributed by atoms with E-state index in [1.807, 2.05) is 0 Å². The lowest BCUT2D eigenvalue weighted by molar-refractivity contribution is 0.102. The van der Waals surface area contributed by atoms with Gasteiger partial charge in [0.25, 0.3) is 0 Å². The fraction of sp³-hybridized carbons (Fsp3) is 0.571. The minimum atomic E-state index is 0.328. The summed E-state index contributed by atoms with van der Waals surface area (Å²) < 4.78 is 5.91. The predicted octanol–water partition coefficient (Wildman–Crippen LogP) is 2.03. The molecule has 1 saturated heterocycles. The Morgan fingerprint density at radius 2 is 2.24 bits per heavy atom. The molecule has 1 aromatic rings. The van der Waals surface area contributed by atoms with Crippen molar-refractivity contribution in [1.29, 1.82) is 0 Å². The van der Waals surface area contributed by atoms with E-state index in [0.29, 0.717) is 5.41 Å². The molecule has 0 unspecified atom stereocenters. The first-order valence-corrected chi connectivity index (χ1v) is 6.46. The number of aryl methyl sites for hydroxylation is 1. The van der Waals surface area contributed by atoms with E-state index in [0.717, 1.165) is 32.0 Å². The van der Waals surface area contributed by atoms with E-state index in [9.17, 15) is 0 Å². The van der Waals surface area contributed by atoms with E-state index in [-0.39, 0.29) is 0 Å². The van der Waals surface area contributed by atoms with E-state index < -0.39 is 0 Å². The van der Waals surface area contributed by atoms with Gasteiger partial charge in [-0.05, 0) is 36.6 Å². The van der Waals surface area contributed by atoms with Crippen molar-refractivity contribution in [3.63, 3.8) is 0 Å². The van der Waals surface area contributed by atoms with E-state index in [4.69, 9.17) is 4.74 Å². The van der Waals surface area contributed by atoms with Crippen molar-refractivity contribution in [2.24, 2.45) is 5.41 Å². The van der Waals surface area contributed by atoms with Gasteiger partial charge in [0.15, 0.2) is 0 Å². The van der Waals surface area contributed by atoms with Crippen LogP contribution in [0.2, 0.25) is 0 Å². The number of nitrogens with one attached hydrogen (secondary N) is 2. The van der Waals surface area contributed by atoms with Crippen LogP contribution in [0, 0.1) is 5.41 Å². The maximum atomic E-state index is 5.91. The molecular formula is C14H20N2O. The molecule has 3 heteroatoms. The number of hydrogen-bond acceptors (Lipinski definition) is 3. The molecule has 0 saturated carbocycles. The summed E-state index contributed by atoms with van der Waals surface area (Å²) >= 11 is 0. The van der Waals surface area contributed by atoms with Crippen LogP contribution in [0.4, 0.5) is 5.69 Å². The highest BCUT2D eigenvalue weighted by Crippen LogP contribution is 2.28. The maximum Gasteiger partial charge on any atom is 0.119 e. The van der Waals surface area contributed by atoms with E-state index in [2.05, 4.69) is 35.8 Å². The third kappa shape index (κ3) is 2.25. The van der Waals surface area contributed by atoms with Crippen LogP contribution in [0.1, 0.15) is 18.9 Å². The van der Waals surface area contributed by atoms with Gasteiger partial charge in [-0.1, -0.05) is 6.92 Å². The van der Waals surface area contributed by atoms with Crippen molar-refractivity contribution >= 4 is 5.69 Å². The Hall–Kier alpha value is -1.22. The smallest absolute Gasteiger partial charge is 0.119 e. The molecular weight excluding hydrogens is 212 g/mol.